The van der Waals surface area contributed by atoms with E-state index in [0.29, 0.717) is 0 Å². The summed E-state index contributed by atoms with van der Waals surface area (Å²) in [6, 6.07) is 0. The summed E-state index contributed by atoms with van der Waals surface area (Å²) in [4.78, 5) is 18.1. The normalized spacial score (nSPS) is 12.2. The highest BCUT2D eigenvalue weighted by Gasteiger charge is 2.11. The summed E-state index contributed by atoms with van der Waals surface area (Å²) in [6.07, 6.45) is 3.00. The van der Waals surface area contributed by atoms with Gasteiger partial charge < -0.3 is 9.84 Å². The van der Waals surface area contributed by atoms with Gasteiger partial charge in [-0.1, -0.05) is 0 Å². The predicted molar refractivity (Wildman–Crippen MR) is 39.3 cm³/mol. The summed E-state index contributed by atoms with van der Waals surface area (Å²) in [5.41, 5.74) is 0. The molecular formula is C7H8N2O3. The van der Waals surface area contributed by atoms with Crippen LogP contribution in [0, 0.1) is 0 Å². The first-order valence-corrected chi connectivity index (χ1v) is 3.36. The molecular weight excluding hydrogens is 160 g/mol. The maximum atomic E-state index is 10.8. The molecule has 64 valence electrons. The smallest absolute Gasteiger partial charge is 0.341 e. The molecule has 12 heavy (non-hydrogen) atoms. The SMILES string of the molecule is CC(O)C(=O)Oc1cnccn1. The first kappa shape index (κ1) is 8.61. The number of ether oxygens (including phenoxy) is 1. The number of hydrogen-bond donors (Lipinski definition) is 1. The average molecular weight is 168 g/mol. The second kappa shape index (κ2) is 3.77. The Morgan fingerprint density at radius 1 is 1.67 bits per heavy atom. The van der Waals surface area contributed by atoms with Crippen LogP contribution in [0.4, 0.5) is 0 Å². The molecule has 0 saturated heterocycles. The first-order valence-electron chi connectivity index (χ1n) is 3.36. The number of carbonyl (C=O) groups excluding carboxylic acids is 1. The van der Waals surface area contributed by atoms with Gasteiger partial charge in [0, 0.05) is 12.4 Å². The number of hydrogen-bond acceptors (Lipinski definition) is 5. The Kier molecular flexibility index (Phi) is 2.71. The van der Waals surface area contributed by atoms with Gasteiger partial charge in [-0.05, 0) is 6.92 Å². The zero-order chi connectivity index (χ0) is 8.97. The molecule has 0 aromatic carbocycles. The van der Waals surface area contributed by atoms with Gasteiger partial charge in [0.2, 0.25) is 5.88 Å². The fraction of sp³-hybridized carbons (Fsp3) is 0.286. The van der Waals surface area contributed by atoms with E-state index in [1.165, 1.54) is 25.5 Å². The lowest BCUT2D eigenvalue weighted by Gasteiger charge is -2.02. The molecule has 1 rings (SSSR count). The molecule has 0 spiro atoms. The Morgan fingerprint density at radius 3 is 2.92 bits per heavy atom. The number of aliphatic hydroxyl groups is 1. The van der Waals surface area contributed by atoms with Gasteiger partial charge in [0.15, 0.2) is 0 Å². The Labute approximate surface area is 69.0 Å². The Morgan fingerprint density at radius 2 is 2.42 bits per heavy atom. The van der Waals surface area contributed by atoms with Gasteiger partial charge in [-0.2, -0.15) is 0 Å². The van der Waals surface area contributed by atoms with E-state index >= 15 is 0 Å². The van der Waals surface area contributed by atoms with Crippen LogP contribution in [0.1, 0.15) is 6.92 Å². The predicted octanol–water partition coefficient (Wildman–Crippen LogP) is -0.237. The third-order valence-corrected chi connectivity index (χ3v) is 1.09. The Bertz CT molecular complexity index is 261. The van der Waals surface area contributed by atoms with E-state index in [1.54, 1.807) is 0 Å². The molecule has 5 heteroatoms. The fourth-order valence-corrected chi connectivity index (χ4v) is 0.526. The van der Waals surface area contributed by atoms with Gasteiger partial charge in [0.25, 0.3) is 0 Å². The van der Waals surface area contributed by atoms with Gasteiger partial charge in [0.05, 0.1) is 6.20 Å². The highest BCUT2D eigenvalue weighted by Crippen LogP contribution is 2.01. The Balaban J connectivity index is 2.59. The maximum absolute atomic E-state index is 10.8. The highest BCUT2D eigenvalue weighted by molar-refractivity contribution is 5.75. The topological polar surface area (TPSA) is 72.3 Å². The van der Waals surface area contributed by atoms with Gasteiger partial charge in [0.1, 0.15) is 6.10 Å². The van der Waals surface area contributed by atoms with Crippen molar-refractivity contribution in [1.29, 1.82) is 0 Å². The monoisotopic (exact) mass is 168 g/mol. The molecule has 1 aromatic heterocycles. The standard InChI is InChI=1S/C7H8N2O3/c1-5(10)7(11)12-6-4-8-2-3-9-6/h2-5,10H,1H3. The van der Waals surface area contributed by atoms with E-state index < -0.39 is 12.1 Å². The van der Waals surface area contributed by atoms with Gasteiger partial charge in [-0.15, -0.1) is 0 Å². The van der Waals surface area contributed by atoms with E-state index in [1.807, 2.05) is 0 Å². The van der Waals surface area contributed by atoms with Crippen LogP contribution in [0.3, 0.4) is 0 Å². The lowest BCUT2D eigenvalue weighted by Crippen LogP contribution is -2.22. The van der Waals surface area contributed by atoms with E-state index in [2.05, 4.69) is 14.7 Å². The minimum Gasteiger partial charge on any atom is -0.404 e. The molecule has 0 saturated carbocycles. The summed E-state index contributed by atoms with van der Waals surface area (Å²) in [5.74, 6) is -0.654. The van der Waals surface area contributed by atoms with Gasteiger partial charge in [-0.25, -0.2) is 9.78 Å². The second-order valence-corrected chi connectivity index (χ2v) is 2.14. The zero-order valence-electron chi connectivity index (χ0n) is 6.47. The maximum Gasteiger partial charge on any atom is 0.341 e. The van der Waals surface area contributed by atoms with Crippen molar-refractivity contribution in [3.63, 3.8) is 0 Å². The zero-order valence-corrected chi connectivity index (χ0v) is 6.47. The summed E-state index contributed by atoms with van der Waals surface area (Å²) < 4.78 is 4.61. The largest absolute Gasteiger partial charge is 0.404 e. The van der Waals surface area contributed by atoms with Gasteiger partial charge in [-0.3, -0.25) is 4.98 Å². The molecule has 1 aromatic rings. The molecule has 0 bridgehead atoms. The quantitative estimate of drug-likeness (QED) is 0.617. The molecule has 1 unspecified atom stereocenters. The Hall–Kier alpha value is -1.49. The third-order valence-electron chi connectivity index (χ3n) is 1.09. The van der Waals surface area contributed by atoms with Gasteiger partial charge >= 0.3 is 5.97 Å². The molecule has 0 amide bonds. The van der Waals surface area contributed by atoms with Crippen molar-refractivity contribution in [3.8, 4) is 5.88 Å². The summed E-state index contributed by atoms with van der Waals surface area (Å²) >= 11 is 0. The minimum atomic E-state index is -1.15. The van der Waals surface area contributed by atoms with Crippen molar-refractivity contribution in [2.24, 2.45) is 0 Å². The number of aromatic nitrogens is 2. The van der Waals surface area contributed by atoms with Crippen LogP contribution in [0.2, 0.25) is 0 Å². The van der Waals surface area contributed by atoms with Crippen LogP contribution >= 0.6 is 0 Å². The van der Waals surface area contributed by atoms with Crippen LogP contribution in [0.5, 0.6) is 5.88 Å². The number of aliphatic hydroxyl groups excluding tert-OH is 1. The van der Waals surface area contributed by atoms with Crippen molar-refractivity contribution in [3.05, 3.63) is 18.6 Å². The van der Waals surface area contributed by atoms with Crippen LogP contribution in [0.15, 0.2) is 18.6 Å². The van der Waals surface area contributed by atoms with E-state index in [-0.39, 0.29) is 5.88 Å². The van der Waals surface area contributed by atoms with Crippen molar-refractivity contribution >= 4 is 5.97 Å². The molecule has 5 nitrogen and oxygen atoms in total. The lowest BCUT2D eigenvalue weighted by molar-refractivity contribution is -0.143. The molecule has 1 N–H and O–H groups in total. The molecule has 0 aliphatic carbocycles. The van der Waals surface area contributed by atoms with Crippen LogP contribution < -0.4 is 4.74 Å². The van der Waals surface area contributed by atoms with E-state index in [4.69, 9.17) is 5.11 Å². The van der Waals surface area contributed by atoms with Crippen LogP contribution in [0.25, 0.3) is 0 Å². The van der Waals surface area contributed by atoms with E-state index in [9.17, 15) is 4.79 Å². The van der Waals surface area contributed by atoms with Crippen LogP contribution in [-0.4, -0.2) is 27.1 Å². The summed E-state index contributed by atoms with van der Waals surface area (Å²) in [6.45, 7) is 1.32. The summed E-state index contributed by atoms with van der Waals surface area (Å²) in [7, 11) is 0. The molecule has 0 aliphatic rings. The first-order chi connectivity index (χ1) is 5.70. The molecule has 1 heterocycles. The second-order valence-electron chi connectivity index (χ2n) is 2.14. The summed E-state index contributed by atoms with van der Waals surface area (Å²) in [5, 5.41) is 8.76. The molecule has 1 atom stereocenters. The molecule has 0 radical (unpaired) electrons. The average Bonchev–Trinajstić information content (AvgIpc) is 2.06. The van der Waals surface area contributed by atoms with Crippen molar-refractivity contribution in [2.75, 3.05) is 0 Å². The third kappa shape index (κ3) is 2.28. The number of rotatable bonds is 2. The fourth-order valence-electron chi connectivity index (χ4n) is 0.526. The number of nitrogens with zero attached hydrogens (tertiary/aromatic N) is 2. The van der Waals surface area contributed by atoms with Crippen molar-refractivity contribution in [2.45, 2.75) is 13.0 Å². The highest BCUT2D eigenvalue weighted by atomic mass is 16.6. The molecule has 0 aliphatic heterocycles. The van der Waals surface area contributed by atoms with Crippen molar-refractivity contribution < 1.29 is 14.6 Å². The van der Waals surface area contributed by atoms with Crippen LogP contribution in [-0.2, 0) is 4.79 Å². The minimum absolute atomic E-state index is 0.0865. The lowest BCUT2D eigenvalue weighted by atomic mass is 10.4. The number of esters is 1. The van der Waals surface area contributed by atoms with E-state index in [0.717, 1.165) is 0 Å². The number of carbonyl (C=O) groups is 1. The molecule has 0 fully saturated rings. The van der Waals surface area contributed by atoms with Crippen molar-refractivity contribution in [1.82, 2.24) is 9.97 Å².